The molecule has 0 radical (unpaired) electrons. The molecule has 1 aliphatic rings. The zero-order valence-corrected chi connectivity index (χ0v) is 13.5. The van der Waals surface area contributed by atoms with E-state index < -0.39 is 5.60 Å². The lowest BCUT2D eigenvalue weighted by Crippen LogP contribution is -2.51. The topological polar surface area (TPSA) is 32.8 Å². The summed E-state index contributed by atoms with van der Waals surface area (Å²) >= 11 is 0. The summed E-state index contributed by atoms with van der Waals surface area (Å²) in [6, 6.07) is 10.3. The lowest BCUT2D eigenvalue weighted by molar-refractivity contribution is -0.00133. The number of carbonyl (C=O) groups excluding carboxylic acids is 1. The fourth-order valence-corrected chi connectivity index (χ4v) is 2.63. The number of nitrogens with zero attached hydrogens (tertiary/aromatic N) is 2. The van der Waals surface area contributed by atoms with E-state index in [2.05, 4.69) is 24.0 Å². The van der Waals surface area contributed by atoms with Crippen LogP contribution in [-0.4, -0.2) is 47.7 Å². The number of hydrogen-bond donors (Lipinski definition) is 0. The SMILES string of the molecule is CCN1CCN(C(=O)OC(C)(C)C)[C@H](c2ccccc2)C1. The molecule has 1 aromatic rings. The van der Waals surface area contributed by atoms with Crippen molar-refractivity contribution in [1.29, 1.82) is 0 Å². The molecule has 0 bridgehead atoms. The fourth-order valence-electron chi connectivity index (χ4n) is 2.63. The van der Waals surface area contributed by atoms with Gasteiger partial charge in [0.2, 0.25) is 0 Å². The number of amides is 1. The largest absolute Gasteiger partial charge is 0.444 e. The smallest absolute Gasteiger partial charge is 0.410 e. The minimum Gasteiger partial charge on any atom is -0.444 e. The second-order valence-corrected chi connectivity index (χ2v) is 6.49. The molecule has 1 saturated heterocycles. The number of piperazine rings is 1. The van der Waals surface area contributed by atoms with Crippen LogP contribution in [-0.2, 0) is 4.74 Å². The van der Waals surface area contributed by atoms with E-state index >= 15 is 0 Å². The number of benzene rings is 1. The Morgan fingerprint density at radius 2 is 1.90 bits per heavy atom. The number of likely N-dealkylation sites (N-methyl/N-ethyl adjacent to an activating group) is 1. The summed E-state index contributed by atoms with van der Waals surface area (Å²) in [5.74, 6) is 0. The molecule has 0 saturated carbocycles. The Labute approximate surface area is 127 Å². The Morgan fingerprint density at radius 1 is 1.24 bits per heavy atom. The Kier molecular flexibility index (Phi) is 4.88. The van der Waals surface area contributed by atoms with E-state index in [0.717, 1.165) is 19.6 Å². The van der Waals surface area contributed by atoms with Crippen LogP contribution in [0.2, 0.25) is 0 Å². The molecule has 1 aliphatic heterocycles. The highest BCUT2D eigenvalue weighted by molar-refractivity contribution is 5.69. The average molecular weight is 290 g/mol. The Bertz CT molecular complexity index is 467. The van der Waals surface area contributed by atoms with E-state index in [1.807, 2.05) is 43.9 Å². The summed E-state index contributed by atoms with van der Waals surface area (Å²) in [7, 11) is 0. The predicted molar refractivity (Wildman–Crippen MR) is 84.2 cm³/mol. The van der Waals surface area contributed by atoms with Gasteiger partial charge in [0.25, 0.3) is 0 Å². The van der Waals surface area contributed by atoms with Crippen LogP contribution in [0, 0.1) is 0 Å². The van der Waals surface area contributed by atoms with Crippen LogP contribution in [0.5, 0.6) is 0 Å². The van der Waals surface area contributed by atoms with Gasteiger partial charge in [0, 0.05) is 19.6 Å². The summed E-state index contributed by atoms with van der Waals surface area (Å²) in [6.45, 7) is 11.4. The normalized spacial score (nSPS) is 20.4. The predicted octanol–water partition coefficient (Wildman–Crippen LogP) is 3.30. The fraction of sp³-hybridized carbons (Fsp3) is 0.588. The maximum absolute atomic E-state index is 12.5. The maximum Gasteiger partial charge on any atom is 0.410 e. The highest BCUT2D eigenvalue weighted by Crippen LogP contribution is 2.27. The quantitative estimate of drug-likeness (QED) is 0.838. The van der Waals surface area contributed by atoms with E-state index in [1.165, 1.54) is 5.56 Å². The molecule has 0 aliphatic carbocycles. The lowest BCUT2D eigenvalue weighted by atomic mass is 10.0. The van der Waals surface area contributed by atoms with Gasteiger partial charge in [0.1, 0.15) is 5.60 Å². The van der Waals surface area contributed by atoms with Gasteiger partial charge >= 0.3 is 6.09 Å². The third-order valence-corrected chi connectivity index (χ3v) is 3.72. The van der Waals surface area contributed by atoms with Gasteiger partial charge < -0.3 is 4.74 Å². The standard InChI is InChI=1S/C17H26N2O2/c1-5-18-11-12-19(16(20)21-17(2,3)4)15(13-18)14-9-7-6-8-10-14/h6-10,15H,5,11-13H2,1-4H3/t15-/m0/s1. The zero-order chi connectivity index (χ0) is 15.5. The van der Waals surface area contributed by atoms with Crippen molar-refractivity contribution in [2.45, 2.75) is 39.3 Å². The van der Waals surface area contributed by atoms with Gasteiger partial charge in [0.05, 0.1) is 6.04 Å². The minimum atomic E-state index is -0.458. The molecule has 21 heavy (non-hydrogen) atoms. The first-order chi connectivity index (χ1) is 9.90. The van der Waals surface area contributed by atoms with Crippen LogP contribution in [0.25, 0.3) is 0 Å². The molecule has 0 spiro atoms. The number of rotatable bonds is 2. The van der Waals surface area contributed by atoms with Crippen molar-refractivity contribution in [3.05, 3.63) is 35.9 Å². The summed E-state index contributed by atoms with van der Waals surface area (Å²) < 4.78 is 5.57. The van der Waals surface area contributed by atoms with Crippen LogP contribution in [0.3, 0.4) is 0 Å². The van der Waals surface area contributed by atoms with Gasteiger partial charge in [-0.2, -0.15) is 0 Å². The summed E-state index contributed by atoms with van der Waals surface area (Å²) in [5, 5.41) is 0. The van der Waals surface area contributed by atoms with Gasteiger partial charge in [-0.15, -0.1) is 0 Å². The van der Waals surface area contributed by atoms with E-state index in [0.29, 0.717) is 6.54 Å². The zero-order valence-electron chi connectivity index (χ0n) is 13.5. The first-order valence-electron chi connectivity index (χ1n) is 7.67. The third kappa shape index (κ3) is 4.21. The van der Waals surface area contributed by atoms with Crippen molar-refractivity contribution in [2.24, 2.45) is 0 Å². The molecule has 116 valence electrons. The molecule has 4 nitrogen and oxygen atoms in total. The molecule has 1 amide bonds. The Hall–Kier alpha value is -1.55. The second-order valence-electron chi connectivity index (χ2n) is 6.49. The number of ether oxygens (including phenoxy) is 1. The van der Waals surface area contributed by atoms with Crippen molar-refractivity contribution in [1.82, 2.24) is 9.80 Å². The molecule has 1 fully saturated rings. The minimum absolute atomic E-state index is 0.0646. The molecule has 2 rings (SSSR count). The Morgan fingerprint density at radius 3 is 2.48 bits per heavy atom. The van der Waals surface area contributed by atoms with E-state index in [9.17, 15) is 4.79 Å². The number of hydrogen-bond acceptors (Lipinski definition) is 3. The van der Waals surface area contributed by atoms with Crippen LogP contribution in [0.1, 0.15) is 39.3 Å². The van der Waals surface area contributed by atoms with Crippen LogP contribution in [0.4, 0.5) is 4.79 Å². The molecular formula is C17H26N2O2. The molecule has 0 N–H and O–H groups in total. The van der Waals surface area contributed by atoms with Crippen LogP contribution in [0.15, 0.2) is 30.3 Å². The molecule has 1 aromatic carbocycles. The van der Waals surface area contributed by atoms with Gasteiger partial charge in [-0.3, -0.25) is 9.80 Å². The van der Waals surface area contributed by atoms with Gasteiger partial charge in [-0.05, 0) is 32.9 Å². The molecular weight excluding hydrogens is 264 g/mol. The Balaban J connectivity index is 2.19. The van der Waals surface area contributed by atoms with Crippen LogP contribution < -0.4 is 0 Å². The summed E-state index contributed by atoms with van der Waals surface area (Å²) in [6.07, 6.45) is -0.216. The van der Waals surface area contributed by atoms with Crippen molar-refractivity contribution < 1.29 is 9.53 Å². The summed E-state index contributed by atoms with van der Waals surface area (Å²) in [5.41, 5.74) is 0.710. The lowest BCUT2D eigenvalue weighted by Gasteiger charge is -2.41. The van der Waals surface area contributed by atoms with Gasteiger partial charge in [-0.25, -0.2) is 4.79 Å². The molecule has 1 atom stereocenters. The van der Waals surface area contributed by atoms with Crippen LogP contribution >= 0.6 is 0 Å². The third-order valence-electron chi connectivity index (χ3n) is 3.72. The molecule has 1 heterocycles. The summed E-state index contributed by atoms with van der Waals surface area (Å²) in [4.78, 5) is 16.7. The van der Waals surface area contributed by atoms with Crippen molar-refractivity contribution >= 4 is 6.09 Å². The molecule has 4 heteroatoms. The van der Waals surface area contributed by atoms with Gasteiger partial charge in [-0.1, -0.05) is 37.3 Å². The second kappa shape index (κ2) is 6.48. The molecule has 0 unspecified atom stereocenters. The maximum atomic E-state index is 12.5. The first kappa shape index (κ1) is 15.8. The van der Waals surface area contributed by atoms with E-state index in [-0.39, 0.29) is 12.1 Å². The van der Waals surface area contributed by atoms with Gasteiger partial charge in [0.15, 0.2) is 0 Å². The number of carbonyl (C=O) groups is 1. The molecule has 0 aromatic heterocycles. The highest BCUT2D eigenvalue weighted by atomic mass is 16.6. The first-order valence-corrected chi connectivity index (χ1v) is 7.67. The van der Waals surface area contributed by atoms with Crippen molar-refractivity contribution in [3.63, 3.8) is 0 Å². The van der Waals surface area contributed by atoms with E-state index in [1.54, 1.807) is 0 Å². The average Bonchev–Trinajstić information content (AvgIpc) is 2.45. The highest BCUT2D eigenvalue weighted by Gasteiger charge is 2.33. The van der Waals surface area contributed by atoms with E-state index in [4.69, 9.17) is 4.74 Å². The van der Waals surface area contributed by atoms with Crippen molar-refractivity contribution in [3.8, 4) is 0 Å². The monoisotopic (exact) mass is 290 g/mol. The van der Waals surface area contributed by atoms with Crippen molar-refractivity contribution in [2.75, 3.05) is 26.2 Å².